The minimum atomic E-state index is -3.73. The number of ether oxygens (including phenoxy) is 1. The number of likely N-dealkylation sites (tertiary alicyclic amines) is 1. The van der Waals surface area contributed by atoms with Crippen molar-refractivity contribution in [2.24, 2.45) is 5.73 Å². The molecule has 0 radical (unpaired) electrons. The number of nitrogens with one attached hydrogen (secondary N) is 2. The summed E-state index contributed by atoms with van der Waals surface area (Å²) in [5.74, 6) is 0.993. The molecule has 1 saturated heterocycles. The second-order valence-corrected chi connectivity index (χ2v) is 11.5. The summed E-state index contributed by atoms with van der Waals surface area (Å²) in [4.78, 5) is 12.0. The summed E-state index contributed by atoms with van der Waals surface area (Å²) in [6, 6.07) is 14.0. The molecular formula is C27H33N7O3S. The highest BCUT2D eigenvalue weighted by molar-refractivity contribution is 7.92. The predicted molar refractivity (Wildman–Crippen MR) is 147 cm³/mol. The van der Waals surface area contributed by atoms with Gasteiger partial charge in [-0.05, 0) is 75.6 Å². The minimum Gasteiger partial charge on any atom is -0.474 e. The lowest BCUT2D eigenvalue weighted by molar-refractivity contribution is 0.0824. The van der Waals surface area contributed by atoms with Crippen LogP contribution in [0, 0.1) is 6.92 Å². The molecule has 0 saturated carbocycles. The number of aromatic nitrogens is 4. The first-order valence-electron chi connectivity index (χ1n) is 12.8. The maximum absolute atomic E-state index is 12.8. The molecule has 2 aromatic carbocycles. The first-order chi connectivity index (χ1) is 18.2. The van der Waals surface area contributed by atoms with Crippen LogP contribution < -0.4 is 15.2 Å². The van der Waals surface area contributed by atoms with Crippen molar-refractivity contribution in [2.45, 2.75) is 57.2 Å². The number of nitrogens with zero attached hydrogens (tertiary/aromatic N) is 4. The van der Waals surface area contributed by atoms with Gasteiger partial charge in [-0.25, -0.2) is 13.4 Å². The zero-order chi connectivity index (χ0) is 26.9. The number of fused-ring (bicyclic) bond motifs is 1. The van der Waals surface area contributed by atoms with Gasteiger partial charge < -0.3 is 15.4 Å². The highest BCUT2D eigenvalue weighted by Crippen LogP contribution is 2.30. The normalized spacial score (nSPS) is 15.3. The van der Waals surface area contributed by atoms with Crippen LogP contribution in [-0.4, -0.2) is 58.7 Å². The second kappa shape index (κ2) is 10.7. The lowest BCUT2D eigenvalue weighted by Gasteiger charge is -2.34. The fourth-order valence-corrected chi connectivity index (χ4v) is 5.69. The number of hydrogen-bond donors (Lipinski definition) is 3. The third-order valence-corrected chi connectivity index (χ3v) is 8.31. The SMILES string of the molecule is Cc1n[nH]c2nc(-c3ccc(NS(=O)(=O)c4ccc(CN)cc4)cc3)nc(OC3CCN(C(C)C)CC3)c12. The van der Waals surface area contributed by atoms with Crippen molar-refractivity contribution >= 4 is 26.7 Å². The van der Waals surface area contributed by atoms with Crippen molar-refractivity contribution in [3.63, 3.8) is 0 Å². The summed E-state index contributed by atoms with van der Waals surface area (Å²) in [7, 11) is -3.73. The number of rotatable bonds is 8. The third kappa shape index (κ3) is 5.50. The van der Waals surface area contributed by atoms with Crippen molar-refractivity contribution in [1.82, 2.24) is 25.1 Å². The molecule has 11 heteroatoms. The number of nitrogens with two attached hydrogens (primary N) is 1. The Morgan fingerprint density at radius 3 is 2.39 bits per heavy atom. The zero-order valence-corrected chi connectivity index (χ0v) is 22.6. The first-order valence-corrected chi connectivity index (χ1v) is 14.3. The van der Waals surface area contributed by atoms with E-state index in [1.54, 1.807) is 48.5 Å². The summed E-state index contributed by atoms with van der Waals surface area (Å²) in [6.45, 7) is 8.66. The fourth-order valence-electron chi connectivity index (χ4n) is 4.63. The molecule has 2 aromatic heterocycles. The molecular weight excluding hydrogens is 502 g/mol. The van der Waals surface area contributed by atoms with E-state index in [0.717, 1.165) is 48.1 Å². The lowest BCUT2D eigenvalue weighted by Crippen LogP contribution is -2.41. The van der Waals surface area contributed by atoms with Crippen LogP contribution in [0.2, 0.25) is 0 Å². The van der Waals surface area contributed by atoms with Gasteiger partial charge in [0, 0.05) is 36.9 Å². The average molecular weight is 536 g/mol. The Bertz CT molecular complexity index is 1510. The summed E-state index contributed by atoms with van der Waals surface area (Å²) >= 11 is 0. The highest BCUT2D eigenvalue weighted by Gasteiger charge is 2.25. The summed E-state index contributed by atoms with van der Waals surface area (Å²) in [5.41, 5.74) is 9.02. The Morgan fingerprint density at radius 1 is 1.08 bits per heavy atom. The van der Waals surface area contributed by atoms with Gasteiger partial charge in [-0.1, -0.05) is 12.1 Å². The smallest absolute Gasteiger partial charge is 0.261 e. The molecule has 4 N–H and O–H groups in total. The Morgan fingerprint density at radius 2 is 1.76 bits per heavy atom. The van der Waals surface area contributed by atoms with E-state index >= 15 is 0 Å². The van der Waals surface area contributed by atoms with Crippen LogP contribution in [0.25, 0.3) is 22.4 Å². The van der Waals surface area contributed by atoms with E-state index in [2.05, 4.69) is 38.7 Å². The van der Waals surface area contributed by atoms with Gasteiger partial charge in [0.15, 0.2) is 11.5 Å². The molecule has 4 aromatic rings. The molecule has 5 rings (SSSR count). The molecule has 1 aliphatic rings. The Hall–Kier alpha value is -3.54. The number of sulfonamides is 1. The lowest BCUT2D eigenvalue weighted by atomic mass is 10.1. The maximum atomic E-state index is 12.8. The number of aromatic amines is 1. The van der Waals surface area contributed by atoms with Gasteiger partial charge in [0.2, 0.25) is 5.88 Å². The third-order valence-electron chi connectivity index (χ3n) is 6.92. The summed E-state index contributed by atoms with van der Waals surface area (Å²) < 4.78 is 34.6. The van der Waals surface area contributed by atoms with Crippen LogP contribution in [0.15, 0.2) is 53.4 Å². The molecule has 0 atom stereocenters. The van der Waals surface area contributed by atoms with E-state index in [4.69, 9.17) is 15.5 Å². The Labute approximate surface area is 222 Å². The Balaban J connectivity index is 1.36. The van der Waals surface area contributed by atoms with E-state index in [9.17, 15) is 8.42 Å². The van der Waals surface area contributed by atoms with Gasteiger partial charge in [-0.2, -0.15) is 10.1 Å². The quantitative estimate of drug-likeness (QED) is 0.309. The molecule has 0 unspecified atom stereocenters. The first kappa shape index (κ1) is 26.1. The standard InChI is InChI=1S/C27H33N7O3S/c1-17(2)34-14-12-22(13-15-34)37-27-24-18(3)31-32-26(24)29-25(30-27)20-6-8-21(9-7-20)33-38(35,36)23-10-4-19(16-28)5-11-23/h4-11,17,22,33H,12-16,28H2,1-3H3,(H,29,30,31,32). The van der Waals surface area contributed by atoms with Crippen LogP contribution in [0.3, 0.4) is 0 Å². The van der Waals surface area contributed by atoms with E-state index in [1.807, 2.05) is 6.92 Å². The average Bonchev–Trinajstić information content (AvgIpc) is 3.30. The van der Waals surface area contributed by atoms with Crippen molar-refractivity contribution in [3.8, 4) is 17.3 Å². The zero-order valence-electron chi connectivity index (χ0n) is 21.8. The van der Waals surface area contributed by atoms with Crippen molar-refractivity contribution in [1.29, 1.82) is 0 Å². The second-order valence-electron chi connectivity index (χ2n) is 9.86. The van der Waals surface area contributed by atoms with E-state index in [0.29, 0.717) is 35.6 Å². The number of benzene rings is 2. The van der Waals surface area contributed by atoms with Crippen molar-refractivity contribution < 1.29 is 13.2 Å². The van der Waals surface area contributed by atoms with Crippen LogP contribution in [-0.2, 0) is 16.6 Å². The van der Waals surface area contributed by atoms with Crippen molar-refractivity contribution in [3.05, 3.63) is 59.8 Å². The van der Waals surface area contributed by atoms with Gasteiger partial charge in [-0.15, -0.1) is 0 Å². The van der Waals surface area contributed by atoms with Gasteiger partial charge in [-0.3, -0.25) is 9.82 Å². The van der Waals surface area contributed by atoms with Crippen LogP contribution >= 0.6 is 0 Å². The molecule has 1 fully saturated rings. The van der Waals surface area contributed by atoms with Gasteiger partial charge in [0.25, 0.3) is 10.0 Å². The summed E-state index contributed by atoms with van der Waals surface area (Å²) in [6.07, 6.45) is 1.93. The fraction of sp³-hybridized carbons (Fsp3) is 0.370. The van der Waals surface area contributed by atoms with E-state index < -0.39 is 10.0 Å². The van der Waals surface area contributed by atoms with Crippen LogP contribution in [0.1, 0.15) is 37.9 Å². The molecule has 0 amide bonds. The minimum absolute atomic E-state index is 0.0703. The molecule has 1 aliphatic heterocycles. The van der Waals surface area contributed by atoms with Crippen molar-refractivity contribution in [2.75, 3.05) is 17.8 Å². The highest BCUT2D eigenvalue weighted by atomic mass is 32.2. The maximum Gasteiger partial charge on any atom is 0.261 e. The monoisotopic (exact) mass is 535 g/mol. The van der Waals surface area contributed by atoms with E-state index in [1.165, 1.54) is 0 Å². The predicted octanol–water partition coefficient (Wildman–Crippen LogP) is 3.84. The molecule has 0 aliphatic carbocycles. The molecule has 3 heterocycles. The van der Waals surface area contributed by atoms with Crippen LogP contribution in [0.4, 0.5) is 5.69 Å². The van der Waals surface area contributed by atoms with Crippen LogP contribution in [0.5, 0.6) is 5.88 Å². The Kier molecular flexibility index (Phi) is 7.33. The number of hydrogen-bond acceptors (Lipinski definition) is 8. The topological polar surface area (TPSA) is 139 Å². The molecule has 0 bridgehead atoms. The molecule has 0 spiro atoms. The summed E-state index contributed by atoms with van der Waals surface area (Å²) in [5, 5.41) is 8.07. The van der Waals surface area contributed by atoms with E-state index in [-0.39, 0.29) is 11.0 Å². The molecule has 10 nitrogen and oxygen atoms in total. The number of H-pyrrole nitrogens is 1. The number of piperidine rings is 1. The van der Waals surface area contributed by atoms with Gasteiger partial charge in [0.1, 0.15) is 11.5 Å². The number of aryl methyl sites for hydroxylation is 1. The van der Waals surface area contributed by atoms with Gasteiger partial charge >= 0.3 is 0 Å². The van der Waals surface area contributed by atoms with Gasteiger partial charge in [0.05, 0.1) is 10.6 Å². The molecule has 200 valence electrons. The molecule has 38 heavy (non-hydrogen) atoms. The number of anilines is 1. The largest absolute Gasteiger partial charge is 0.474 e.